The predicted octanol–water partition coefficient (Wildman–Crippen LogP) is -0.417. The number of carbonyl (C=O) groups excluding carboxylic acids is 2. The molecule has 0 spiro atoms. The molecular weight excluding hydrogens is 300 g/mol. The Morgan fingerprint density at radius 3 is 1.68 bits per heavy atom. The molecule has 9 heteroatoms. The van der Waals surface area contributed by atoms with Gasteiger partial charge in [-0.3, -0.25) is 0 Å². The zero-order valence-corrected chi connectivity index (χ0v) is 13.0. The first kappa shape index (κ1) is 24.9. The number of esters is 2. The summed E-state index contributed by atoms with van der Waals surface area (Å²) in [5.74, 6) is -1.75. The summed E-state index contributed by atoms with van der Waals surface area (Å²) in [6.07, 6.45) is 1.67. The average molecular weight is 324 g/mol. The molecule has 0 radical (unpaired) electrons. The first-order valence-electron chi connectivity index (χ1n) is 5.84. The normalized spacial score (nSPS) is 9.50. The molecule has 0 saturated carbocycles. The van der Waals surface area contributed by atoms with Crippen LogP contribution in [-0.4, -0.2) is 69.6 Å². The van der Waals surface area contributed by atoms with Crippen molar-refractivity contribution in [3.63, 3.8) is 0 Å². The van der Waals surface area contributed by atoms with Gasteiger partial charge >= 0.3 is 11.9 Å². The van der Waals surface area contributed by atoms with E-state index in [4.69, 9.17) is 10.2 Å². The molecule has 0 saturated heterocycles. The van der Waals surface area contributed by atoms with Crippen molar-refractivity contribution in [2.45, 2.75) is 6.29 Å². The van der Waals surface area contributed by atoms with Gasteiger partial charge in [0.05, 0.1) is 26.7 Å². The summed E-state index contributed by atoms with van der Waals surface area (Å²) < 4.78 is 22.1. The van der Waals surface area contributed by atoms with E-state index >= 15 is 0 Å². The highest BCUT2D eigenvalue weighted by molar-refractivity contribution is 5.71. The van der Waals surface area contributed by atoms with Gasteiger partial charge in [-0.05, 0) is 0 Å². The third kappa shape index (κ3) is 23.0. The van der Waals surface area contributed by atoms with Crippen molar-refractivity contribution in [1.29, 1.82) is 0 Å². The lowest BCUT2D eigenvalue weighted by atomic mass is 10.6. The molecule has 22 heavy (non-hydrogen) atoms. The summed E-state index contributed by atoms with van der Waals surface area (Å²) in [6.45, 7) is 4.64. The highest BCUT2D eigenvalue weighted by Crippen LogP contribution is 1.95. The maximum atomic E-state index is 10.6. The third-order valence-corrected chi connectivity index (χ3v) is 1.50. The van der Waals surface area contributed by atoms with E-state index in [1.165, 1.54) is 19.6 Å². The summed E-state index contributed by atoms with van der Waals surface area (Å²) in [7, 11) is 4.36. The fourth-order valence-corrected chi connectivity index (χ4v) is 0.541. The SMILES string of the molecule is C=COC.C=COC.COC(COC(=O)CO)OC(=O)CO. The zero-order valence-electron chi connectivity index (χ0n) is 13.0. The van der Waals surface area contributed by atoms with E-state index in [1.54, 1.807) is 14.2 Å². The zero-order chi connectivity index (χ0) is 17.8. The third-order valence-electron chi connectivity index (χ3n) is 1.50. The molecule has 0 rings (SSSR count). The molecule has 0 aliphatic carbocycles. The van der Waals surface area contributed by atoms with E-state index < -0.39 is 31.4 Å². The van der Waals surface area contributed by atoms with E-state index in [-0.39, 0.29) is 6.61 Å². The Morgan fingerprint density at radius 1 is 1.00 bits per heavy atom. The van der Waals surface area contributed by atoms with Crippen molar-refractivity contribution in [3.8, 4) is 0 Å². The number of hydrogen-bond donors (Lipinski definition) is 2. The van der Waals surface area contributed by atoms with Gasteiger partial charge in [-0.25, -0.2) is 9.59 Å². The van der Waals surface area contributed by atoms with Gasteiger partial charge in [0.2, 0.25) is 6.29 Å². The summed E-state index contributed by atoms with van der Waals surface area (Å²) in [4.78, 5) is 21.0. The Bertz CT molecular complexity index is 283. The molecule has 0 fully saturated rings. The second-order valence-corrected chi connectivity index (χ2v) is 2.96. The van der Waals surface area contributed by atoms with Crippen LogP contribution >= 0.6 is 0 Å². The predicted molar refractivity (Wildman–Crippen MR) is 76.4 cm³/mol. The number of ether oxygens (including phenoxy) is 5. The number of rotatable bonds is 8. The summed E-state index contributed by atoms with van der Waals surface area (Å²) in [5, 5.41) is 16.6. The van der Waals surface area contributed by atoms with Crippen LogP contribution in [0.1, 0.15) is 0 Å². The molecule has 0 aromatic carbocycles. The summed E-state index contributed by atoms with van der Waals surface area (Å²) >= 11 is 0. The van der Waals surface area contributed by atoms with Crippen LogP contribution in [-0.2, 0) is 33.3 Å². The van der Waals surface area contributed by atoms with Crippen LogP contribution < -0.4 is 0 Å². The Hall–Kier alpha value is -2.10. The van der Waals surface area contributed by atoms with Gasteiger partial charge in [-0.15, -0.1) is 0 Å². The molecule has 0 amide bonds. The molecule has 0 heterocycles. The first-order chi connectivity index (χ1) is 10.5. The Balaban J connectivity index is -0.000000372. The van der Waals surface area contributed by atoms with Crippen molar-refractivity contribution in [2.75, 3.05) is 41.2 Å². The monoisotopic (exact) mass is 324 g/mol. The van der Waals surface area contributed by atoms with E-state index in [2.05, 4.69) is 36.8 Å². The highest BCUT2D eigenvalue weighted by Gasteiger charge is 2.14. The van der Waals surface area contributed by atoms with Crippen LogP contribution in [0.25, 0.3) is 0 Å². The summed E-state index contributed by atoms with van der Waals surface area (Å²) in [5.41, 5.74) is 0. The average Bonchev–Trinajstić information content (AvgIpc) is 2.58. The van der Waals surface area contributed by atoms with Gasteiger partial charge < -0.3 is 33.9 Å². The Labute approximate surface area is 129 Å². The van der Waals surface area contributed by atoms with Gasteiger partial charge in [0, 0.05) is 7.11 Å². The van der Waals surface area contributed by atoms with Crippen LogP contribution in [0.2, 0.25) is 0 Å². The standard InChI is InChI=1S/C7H12O7.2C3H6O/c1-12-7(14-6(11)3-9)4-13-5(10)2-8;2*1-3-4-2/h7-9H,2-4H2,1H3;2*3H,1H2,2H3. The largest absolute Gasteiger partial charge is 0.505 e. The van der Waals surface area contributed by atoms with Gasteiger partial charge in [0.15, 0.2) is 6.61 Å². The molecule has 9 nitrogen and oxygen atoms in total. The number of hydrogen-bond acceptors (Lipinski definition) is 9. The minimum atomic E-state index is -1.08. The minimum Gasteiger partial charge on any atom is -0.505 e. The molecule has 0 aliphatic heterocycles. The second-order valence-electron chi connectivity index (χ2n) is 2.96. The van der Waals surface area contributed by atoms with Gasteiger partial charge in [0.1, 0.15) is 13.2 Å². The molecule has 0 aliphatic rings. The van der Waals surface area contributed by atoms with E-state index in [0.717, 1.165) is 0 Å². The number of carbonyl (C=O) groups is 2. The van der Waals surface area contributed by atoms with E-state index in [0.29, 0.717) is 0 Å². The second kappa shape index (κ2) is 21.2. The fraction of sp³-hybridized carbons (Fsp3) is 0.538. The Morgan fingerprint density at radius 2 is 1.41 bits per heavy atom. The van der Waals surface area contributed by atoms with Crippen molar-refractivity contribution < 1.29 is 43.5 Å². The first-order valence-corrected chi connectivity index (χ1v) is 5.84. The van der Waals surface area contributed by atoms with Crippen LogP contribution in [0.5, 0.6) is 0 Å². The van der Waals surface area contributed by atoms with Gasteiger partial charge in [-0.2, -0.15) is 0 Å². The lowest BCUT2D eigenvalue weighted by Gasteiger charge is -2.14. The molecular formula is C13H24O9. The lowest BCUT2D eigenvalue weighted by Crippen LogP contribution is -2.28. The van der Waals surface area contributed by atoms with Crippen LogP contribution in [0.3, 0.4) is 0 Å². The van der Waals surface area contributed by atoms with Gasteiger partial charge in [-0.1, -0.05) is 13.2 Å². The number of aliphatic hydroxyl groups is 2. The van der Waals surface area contributed by atoms with Crippen molar-refractivity contribution in [2.24, 2.45) is 0 Å². The smallest absolute Gasteiger partial charge is 0.334 e. The minimum absolute atomic E-state index is 0.332. The fourth-order valence-electron chi connectivity index (χ4n) is 0.541. The van der Waals surface area contributed by atoms with Crippen molar-refractivity contribution in [3.05, 3.63) is 25.7 Å². The molecule has 2 N–H and O–H groups in total. The molecule has 0 bridgehead atoms. The molecule has 0 aromatic heterocycles. The quantitative estimate of drug-likeness (QED) is 0.348. The van der Waals surface area contributed by atoms with Crippen molar-refractivity contribution in [1.82, 2.24) is 0 Å². The number of methoxy groups -OCH3 is 3. The highest BCUT2D eigenvalue weighted by atomic mass is 16.7. The topological polar surface area (TPSA) is 121 Å². The van der Waals surface area contributed by atoms with E-state index in [1.807, 2.05) is 0 Å². The maximum Gasteiger partial charge on any atom is 0.334 e. The molecule has 0 aromatic rings. The van der Waals surface area contributed by atoms with Crippen molar-refractivity contribution >= 4 is 11.9 Å². The van der Waals surface area contributed by atoms with Crippen LogP contribution in [0, 0.1) is 0 Å². The lowest BCUT2D eigenvalue weighted by molar-refractivity contribution is -0.191. The van der Waals surface area contributed by atoms with Gasteiger partial charge in [0.25, 0.3) is 0 Å². The van der Waals surface area contributed by atoms with Crippen LogP contribution in [0.4, 0.5) is 0 Å². The Kier molecular flexibility index (Phi) is 24.0. The molecule has 130 valence electrons. The van der Waals surface area contributed by atoms with E-state index in [9.17, 15) is 9.59 Å². The molecule has 1 unspecified atom stereocenters. The summed E-state index contributed by atoms with van der Waals surface area (Å²) in [6, 6.07) is 0. The van der Waals surface area contributed by atoms with Crippen LogP contribution in [0.15, 0.2) is 25.7 Å². The molecule has 1 atom stereocenters. The number of aliphatic hydroxyl groups excluding tert-OH is 2. The maximum absolute atomic E-state index is 10.6.